The summed E-state index contributed by atoms with van der Waals surface area (Å²) in [5.74, 6) is 0.164. The van der Waals surface area contributed by atoms with Crippen molar-refractivity contribution in [3.63, 3.8) is 0 Å². The van der Waals surface area contributed by atoms with Crippen molar-refractivity contribution in [2.24, 2.45) is 0 Å². The molecule has 2 aromatic rings. The van der Waals surface area contributed by atoms with Gasteiger partial charge in [-0.3, -0.25) is 4.79 Å². The predicted octanol–water partition coefficient (Wildman–Crippen LogP) is 4.83. The molecule has 1 N–H and O–H groups in total. The molecule has 2 aromatic carbocycles. The van der Waals surface area contributed by atoms with Crippen molar-refractivity contribution >= 4 is 33.4 Å². The molecule has 0 aliphatic carbocycles. The van der Waals surface area contributed by atoms with E-state index in [9.17, 15) is 9.18 Å². The van der Waals surface area contributed by atoms with Gasteiger partial charge in [-0.15, -0.1) is 0 Å². The summed E-state index contributed by atoms with van der Waals surface area (Å²) < 4.78 is 19.0. The quantitative estimate of drug-likeness (QED) is 0.676. The standard InChI is InChI=1S/C17H16BrClFNO2/c18-16-11-13(20)5-8-15(16)17(22)21-9-1-2-10-23-14-6-3-12(19)4-7-14/h3-8,11H,1-2,9-10H2,(H,21,22). The normalized spacial score (nSPS) is 10.4. The lowest BCUT2D eigenvalue weighted by Gasteiger charge is -2.08. The molecular formula is C17H16BrClFNO2. The third kappa shape index (κ3) is 5.84. The molecule has 0 radical (unpaired) electrons. The fourth-order valence-corrected chi connectivity index (χ4v) is 2.58. The summed E-state index contributed by atoms with van der Waals surface area (Å²) in [6, 6.07) is 11.2. The Bertz CT molecular complexity index is 664. The van der Waals surface area contributed by atoms with Gasteiger partial charge in [0.05, 0.1) is 12.2 Å². The number of ether oxygens (including phenoxy) is 1. The van der Waals surface area contributed by atoms with Crippen molar-refractivity contribution in [1.29, 1.82) is 0 Å². The molecule has 0 fully saturated rings. The van der Waals surface area contributed by atoms with Gasteiger partial charge in [0.1, 0.15) is 11.6 Å². The third-order valence-electron chi connectivity index (χ3n) is 3.11. The van der Waals surface area contributed by atoms with E-state index in [1.807, 2.05) is 12.1 Å². The maximum absolute atomic E-state index is 13.0. The Morgan fingerprint density at radius 3 is 2.61 bits per heavy atom. The minimum absolute atomic E-state index is 0.226. The average Bonchev–Trinajstić information content (AvgIpc) is 2.52. The van der Waals surface area contributed by atoms with Crippen molar-refractivity contribution in [1.82, 2.24) is 5.32 Å². The van der Waals surface area contributed by atoms with Gasteiger partial charge in [-0.05, 0) is 71.2 Å². The van der Waals surface area contributed by atoms with E-state index in [0.29, 0.717) is 28.2 Å². The summed E-state index contributed by atoms with van der Waals surface area (Å²) in [7, 11) is 0. The lowest BCUT2D eigenvalue weighted by atomic mass is 10.2. The molecule has 6 heteroatoms. The predicted molar refractivity (Wildman–Crippen MR) is 92.6 cm³/mol. The molecule has 0 saturated carbocycles. The fourth-order valence-electron chi connectivity index (χ4n) is 1.92. The number of benzene rings is 2. The monoisotopic (exact) mass is 399 g/mol. The highest BCUT2D eigenvalue weighted by molar-refractivity contribution is 9.10. The largest absolute Gasteiger partial charge is 0.494 e. The van der Waals surface area contributed by atoms with Crippen LogP contribution < -0.4 is 10.1 Å². The molecule has 3 nitrogen and oxygen atoms in total. The zero-order valence-electron chi connectivity index (χ0n) is 12.3. The molecule has 2 rings (SSSR count). The first kappa shape index (κ1) is 17.8. The van der Waals surface area contributed by atoms with Crippen LogP contribution >= 0.6 is 27.5 Å². The summed E-state index contributed by atoms with van der Waals surface area (Å²) >= 11 is 8.98. The zero-order chi connectivity index (χ0) is 16.7. The molecular weight excluding hydrogens is 385 g/mol. The number of carbonyl (C=O) groups is 1. The van der Waals surface area contributed by atoms with Crippen LogP contribution in [0.1, 0.15) is 23.2 Å². The number of amides is 1. The summed E-state index contributed by atoms with van der Waals surface area (Å²) in [5.41, 5.74) is 0.420. The highest BCUT2D eigenvalue weighted by Crippen LogP contribution is 2.18. The minimum atomic E-state index is -0.382. The smallest absolute Gasteiger partial charge is 0.252 e. The average molecular weight is 401 g/mol. The number of hydrogen-bond donors (Lipinski definition) is 1. The van der Waals surface area contributed by atoms with Crippen LogP contribution in [0.25, 0.3) is 0 Å². The SMILES string of the molecule is O=C(NCCCCOc1ccc(Cl)cc1)c1ccc(F)cc1Br. The molecule has 122 valence electrons. The lowest BCUT2D eigenvalue weighted by Crippen LogP contribution is -2.25. The van der Waals surface area contributed by atoms with E-state index >= 15 is 0 Å². The van der Waals surface area contributed by atoms with Gasteiger partial charge in [0.15, 0.2) is 0 Å². The van der Waals surface area contributed by atoms with Crippen molar-refractivity contribution in [3.8, 4) is 5.75 Å². The molecule has 0 unspecified atom stereocenters. The Kier molecular flexibility index (Phi) is 6.86. The lowest BCUT2D eigenvalue weighted by molar-refractivity contribution is 0.0951. The molecule has 0 spiro atoms. The highest BCUT2D eigenvalue weighted by atomic mass is 79.9. The van der Waals surface area contributed by atoms with E-state index in [-0.39, 0.29) is 11.7 Å². The second kappa shape index (κ2) is 8.89. The summed E-state index contributed by atoms with van der Waals surface area (Å²) in [4.78, 5) is 12.0. The zero-order valence-corrected chi connectivity index (χ0v) is 14.7. The Hall–Kier alpha value is -1.59. The number of nitrogens with one attached hydrogen (secondary N) is 1. The van der Waals surface area contributed by atoms with Crippen LogP contribution in [0.2, 0.25) is 5.02 Å². The van der Waals surface area contributed by atoms with Gasteiger partial charge in [0.2, 0.25) is 0 Å². The summed E-state index contributed by atoms with van der Waals surface area (Å²) in [6.45, 7) is 1.10. The van der Waals surface area contributed by atoms with E-state index < -0.39 is 0 Å². The molecule has 0 heterocycles. The van der Waals surface area contributed by atoms with Crippen LogP contribution in [0.5, 0.6) is 5.75 Å². The maximum atomic E-state index is 13.0. The number of hydrogen-bond acceptors (Lipinski definition) is 2. The third-order valence-corrected chi connectivity index (χ3v) is 4.02. The number of halogens is 3. The first-order valence-corrected chi connectivity index (χ1v) is 8.35. The Balaban J connectivity index is 1.65. The van der Waals surface area contributed by atoms with Gasteiger partial charge < -0.3 is 10.1 Å². The topological polar surface area (TPSA) is 38.3 Å². The van der Waals surface area contributed by atoms with Crippen LogP contribution in [0.3, 0.4) is 0 Å². The van der Waals surface area contributed by atoms with E-state index in [0.717, 1.165) is 18.6 Å². The minimum Gasteiger partial charge on any atom is -0.494 e. The Morgan fingerprint density at radius 2 is 1.91 bits per heavy atom. The van der Waals surface area contributed by atoms with Gasteiger partial charge >= 0.3 is 0 Å². The first-order chi connectivity index (χ1) is 11.1. The van der Waals surface area contributed by atoms with Crippen molar-refractivity contribution < 1.29 is 13.9 Å². The molecule has 0 aliphatic rings. The Labute approximate surface area is 147 Å². The van der Waals surface area contributed by atoms with Gasteiger partial charge in [-0.1, -0.05) is 11.6 Å². The molecule has 23 heavy (non-hydrogen) atoms. The van der Waals surface area contributed by atoms with E-state index in [4.69, 9.17) is 16.3 Å². The molecule has 1 amide bonds. The van der Waals surface area contributed by atoms with E-state index in [2.05, 4.69) is 21.2 Å². The fraction of sp³-hybridized carbons (Fsp3) is 0.235. The maximum Gasteiger partial charge on any atom is 0.252 e. The van der Waals surface area contributed by atoms with Gasteiger partial charge in [-0.2, -0.15) is 0 Å². The molecule has 0 bridgehead atoms. The van der Waals surface area contributed by atoms with Crippen LogP contribution in [0.4, 0.5) is 4.39 Å². The summed E-state index contributed by atoms with van der Waals surface area (Å²) in [6.07, 6.45) is 1.60. The number of carbonyl (C=O) groups excluding carboxylic acids is 1. The highest BCUT2D eigenvalue weighted by Gasteiger charge is 2.09. The van der Waals surface area contributed by atoms with Gasteiger partial charge in [0.25, 0.3) is 5.91 Å². The van der Waals surface area contributed by atoms with Gasteiger partial charge in [0, 0.05) is 16.0 Å². The van der Waals surface area contributed by atoms with Crippen molar-refractivity contribution in [2.45, 2.75) is 12.8 Å². The van der Waals surface area contributed by atoms with E-state index in [1.165, 1.54) is 18.2 Å². The van der Waals surface area contributed by atoms with Crippen LogP contribution in [-0.4, -0.2) is 19.1 Å². The molecule has 0 aliphatic heterocycles. The molecule has 0 saturated heterocycles. The second-order valence-electron chi connectivity index (χ2n) is 4.89. The Morgan fingerprint density at radius 1 is 1.17 bits per heavy atom. The van der Waals surface area contributed by atoms with Crippen molar-refractivity contribution in [2.75, 3.05) is 13.2 Å². The van der Waals surface area contributed by atoms with Crippen LogP contribution in [-0.2, 0) is 0 Å². The van der Waals surface area contributed by atoms with E-state index in [1.54, 1.807) is 12.1 Å². The van der Waals surface area contributed by atoms with Gasteiger partial charge in [-0.25, -0.2) is 4.39 Å². The second-order valence-corrected chi connectivity index (χ2v) is 6.18. The van der Waals surface area contributed by atoms with Crippen LogP contribution in [0, 0.1) is 5.82 Å². The summed E-state index contributed by atoms with van der Waals surface area (Å²) in [5, 5.41) is 3.47. The van der Waals surface area contributed by atoms with Crippen molar-refractivity contribution in [3.05, 3.63) is 63.3 Å². The molecule has 0 aromatic heterocycles. The first-order valence-electron chi connectivity index (χ1n) is 7.18. The molecule has 0 atom stereocenters. The number of rotatable bonds is 7. The van der Waals surface area contributed by atoms with Crippen LogP contribution in [0.15, 0.2) is 46.9 Å². The number of unbranched alkanes of at least 4 members (excludes halogenated alkanes) is 1.